The van der Waals surface area contributed by atoms with Gasteiger partial charge in [0.2, 0.25) is 17.7 Å². The Kier molecular flexibility index (Phi) is 10.6. The van der Waals surface area contributed by atoms with E-state index in [9.17, 15) is 24.0 Å². The fraction of sp³-hybridized carbons (Fsp3) is 0.667. The Bertz CT molecular complexity index is 568. The lowest BCUT2D eigenvalue weighted by molar-refractivity contribution is -0.143. The van der Waals surface area contributed by atoms with Crippen molar-refractivity contribution in [3.63, 3.8) is 0 Å². The Hall–Kier alpha value is -2.73. The number of aliphatic carboxylic acids is 2. The van der Waals surface area contributed by atoms with E-state index in [1.54, 1.807) is 13.8 Å². The van der Waals surface area contributed by atoms with Gasteiger partial charge in [0.05, 0.1) is 25.6 Å². The highest BCUT2D eigenvalue weighted by atomic mass is 16.4. The molecule has 0 aromatic heterocycles. The van der Waals surface area contributed by atoms with Gasteiger partial charge in [0.15, 0.2) is 0 Å². The van der Waals surface area contributed by atoms with E-state index in [0.717, 1.165) is 0 Å². The summed E-state index contributed by atoms with van der Waals surface area (Å²) in [6, 6.07) is -3.94. The minimum atomic E-state index is -1.52. The molecule has 0 aliphatic heterocycles. The molecule has 0 aromatic rings. The van der Waals surface area contributed by atoms with Crippen LogP contribution in [0.3, 0.4) is 0 Å². The van der Waals surface area contributed by atoms with Crippen LogP contribution in [0.2, 0.25) is 0 Å². The zero-order valence-electron chi connectivity index (χ0n) is 15.1. The van der Waals surface area contributed by atoms with Gasteiger partial charge in [0.1, 0.15) is 12.1 Å². The van der Waals surface area contributed by atoms with Crippen molar-refractivity contribution in [1.29, 1.82) is 0 Å². The second kappa shape index (κ2) is 11.8. The number of hydrogen-bond acceptors (Lipinski definition) is 7. The SMILES string of the molecule is CCC(C)C(NC(=O)CNC(=O)C(N)CC(=O)O)C(=O)NC(CO)C(=O)O. The molecule has 0 spiro atoms. The third-order valence-corrected chi connectivity index (χ3v) is 3.76. The smallest absolute Gasteiger partial charge is 0.328 e. The number of carboxylic acid groups (broad SMARTS) is 2. The van der Waals surface area contributed by atoms with Gasteiger partial charge in [-0.15, -0.1) is 0 Å². The van der Waals surface area contributed by atoms with Crippen LogP contribution in [0.15, 0.2) is 0 Å². The summed E-state index contributed by atoms with van der Waals surface area (Å²) in [5.41, 5.74) is 5.35. The number of carbonyl (C=O) groups is 5. The third kappa shape index (κ3) is 8.96. The van der Waals surface area contributed by atoms with Crippen LogP contribution in [0.5, 0.6) is 0 Å². The predicted octanol–water partition coefficient (Wildman–Crippen LogP) is -3.00. The molecule has 3 amide bonds. The minimum absolute atomic E-state index is 0.368. The molecule has 27 heavy (non-hydrogen) atoms. The number of nitrogens with two attached hydrogens (primary N) is 1. The standard InChI is InChI=1S/C15H26N4O8/c1-3-7(2)12(14(25)18-9(6-20)15(26)27)19-10(21)5-17-13(24)8(16)4-11(22)23/h7-9,12,20H,3-6,16H2,1-2H3,(H,17,24)(H,18,25)(H,19,21)(H,22,23)(H,26,27). The first-order valence-electron chi connectivity index (χ1n) is 8.21. The van der Waals surface area contributed by atoms with E-state index in [-0.39, 0.29) is 5.92 Å². The van der Waals surface area contributed by atoms with Crippen molar-refractivity contribution < 1.29 is 39.3 Å². The Morgan fingerprint density at radius 3 is 2.07 bits per heavy atom. The largest absolute Gasteiger partial charge is 0.481 e. The molecule has 0 saturated heterocycles. The van der Waals surface area contributed by atoms with Gasteiger partial charge >= 0.3 is 11.9 Å². The van der Waals surface area contributed by atoms with Crippen LogP contribution in [0.4, 0.5) is 0 Å². The van der Waals surface area contributed by atoms with Crippen LogP contribution in [-0.4, -0.2) is 76.3 Å². The van der Waals surface area contributed by atoms with Crippen molar-refractivity contribution in [2.45, 2.75) is 44.8 Å². The van der Waals surface area contributed by atoms with E-state index < -0.39 is 67.4 Å². The van der Waals surface area contributed by atoms with Gasteiger partial charge in [-0.2, -0.15) is 0 Å². The maximum Gasteiger partial charge on any atom is 0.328 e. The lowest BCUT2D eigenvalue weighted by Crippen LogP contribution is -2.56. The van der Waals surface area contributed by atoms with Gasteiger partial charge in [-0.25, -0.2) is 4.79 Å². The third-order valence-electron chi connectivity index (χ3n) is 3.76. The van der Waals surface area contributed by atoms with E-state index in [1.807, 2.05) is 0 Å². The van der Waals surface area contributed by atoms with Crippen LogP contribution < -0.4 is 21.7 Å². The molecule has 12 nitrogen and oxygen atoms in total. The molecule has 12 heteroatoms. The Balaban J connectivity index is 4.83. The maximum atomic E-state index is 12.2. The molecule has 0 fully saturated rings. The topological polar surface area (TPSA) is 208 Å². The maximum absolute atomic E-state index is 12.2. The normalized spacial score (nSPS) is 15.0. The summed E-state index contributed by atoms with van der Waals surface area (Å²) in [6.45, 7) is 2.04. The van der Waals surface area contributed by atoms with E-state index >= 15 is 0 Å². The lowest BCUT2D eigenvalue weighted by atomic mass is 9.98. The molecule has 0 radical (unpaired) electrons. The second-order valence-corrected chi connectivity index (χ2v) is 5.93. The van der Waals surface area contributed by atoms with E-state index in [2.05, 4.69) is 16.0 Å². The molecule has 0 bridgehead atoms. The molecular formula is C15H26N4O8. The fourth-order valence-electron chi connectivity index (χ4n) is 1.95. The summed E-state index contributed by atoms with van der Waals surface area (Å²) in [5.74, 6) is -5.46. The summed E-state index contributed by atoms with van der Waals surface area (Å²) in [6.07, 6.45) is -0.131. The number of hydrogen-bond donors (Lipinski definition) is 7. The molecule has 8 N–H and O–H groups in total. The first kappa shape index (κ1) is 24.3. The predicted molar refractivity (Wildman–Crippen MR) is 91.3 cm³/mol. The fourth-order valence-corrected chi connectivity index (χ4v) is 1.95. The van der Waals surface area contributed by atoms with E-state index in [1.165, 1.54) is 0 Å². The van der Waals surface area contributed by atoms with Gasteiger partial charge in [-0.1, -0.05) is 20.3 Å². The molecule has 0 aromatic carbocycles. The zero-order chi connectivity index (χ0) is 21.1. The number of amides is 3. The Morgan fingerprint density at radius 1 is 1.04 bits per heavy atom. The van der Waals surface area contributed by atoms with Gasteiger partial charge in [0, 0.05) is 0 Å². The second-order valence-electron chi connectivity index (χ2n) is 5.93. The number of aliphatic hydroxyl groups excluding tert-OH is 1. The molecule has 4 unspecified atom stereocenters. The molecule has 154 valence electrons. The molecule has 4 atom stereocenters. The van der Waals surface area contributed by atoms with Crippen molar-refractivity contribution in [2.75, 3.05) is 13.2 Å². The minimum Gasteiger partial charge on any atom is -0.481 e. The molecule has 0 saturated carbocycles. The zero-order valence-corrected chi connectivity index (χ0v) is 15.1. The van der Waals surface area contributed by atoms with Crippen LogP contribution in [0, 0.1) is 5.92 Å². The lowest BCUT2D eigenvalue weighted by Gasteiger charge is -2.25. The molecular weight excluding hydrogens is 364 g/mol. The van der Waals surface area contributed by atoms with E-state index in [0.29, 0.717) is 6.42 Å². The van der Waals surface area contributed by atoms with Crippen LogP contribution in [-0.2, 0) is 24.0 Å². The highest BCUT2D eigenvalue weighted by Gasteiger charge is 2.29. The number of rotatable bonds is 12. The summed E-state index contributed by atoms with van der Waals surface area (Å²) < 4.78 is 0. The molecule has 0 rings (SSSR count). The number of carboxylic acids is 2. The van der Waals surface area contributed by atoms with Gasteiger partial charge in [-0.05, 0) is 5.92 Å². The summed E-state index contributed by atoms with van der Waals surface area (Å²) >= 11 is 0. The summed E-state index contributed by atoms with van der Waals surface area (Å²) in [5, 5.41) is 33.1. The quantitative estimate of drug-likeness (QED) is 0.181. The van der Waals surface area contributed by atoms with Crippen molar-refractivity contribution in [3.05, 3.63) is 0 Å². The highest BCUT2D eigenvalue weighted by molar-refractivity contribution is 5.93. The van der Waals surface area contributed by atoms with Crippen LogP contribution >= 0.6 is 0 Å². The monoisotopic (exact) mass is 390 g/mol. The average molecular weight is 390 g/mol. The van der Waals surface area contributed by atoms with Crippen molar-refractivity contribution in [2.24, 2.45) is 11.7 Å². The average Bonchev–Trinajstić information content (AvgIpc) is 2.60. The molecule has 0 heterocycles. The number of nitrogens with one attached hydrogen (secondary N) is 3. The van der Waals surface area contributed by atoms with Crippen molar-refractivity contribution >= 4 is 29.7 Å². The summed E-state index contributed by atoms with van der Waals surface area (Å²) in [4.78, 5) is 57.2. The van der Waals surface area contributed by atoms with Crippen LogP contribution in [0.1, 0.15) is 26.7 Å². The van der Waals surface area contributed by atoms with Crippen molar-refractivity contribution in [1.82, 2.24) is 16.0 Å². The molecule has 0 aliphatic rings. The number of carbonyl (C=O) groups excluding carboxylic acids is 3. The summed E-state index contributed by atoms with van der Waals surface area (Å²) in [7, 11) is 0. The Labute approximate surface area is 155 Å². The first-order chi connectivity index (χ1) is 12.5. The van der Waals surface area contributed by atoms with Crippen LogP contribution in [0.25, 0.3) is 0 Å². The highest BCUT2D eigenvalue weighted by Crippen LogP contribution is 2.08. The Morgan fingerprint density at radius 2 is 1.63 bits per heavy atom. The van der Waals surface area contributed by atoms with Crippen molar-refractivity contribution in [3.8, 4) is 0 Å². The van der Waals surface area contributed by atoms with Gasteiger partial charge < -0.3 is 37.0 Å². The van der Waals surface area contributed by atoms with E-state index in [4.69, 9.17) is 21.1 Å². The first-order valence-corrected chi connectivity index (χ1v) is 8.21. The van der Waals surface area contributed by atoms with Gasteiger partial charge in [-0.3, -0.25) is 19.2 Å². The van der Waals surface area contributed by atoms with Gasteiger partial charge in [0.25, 0.3) is 0 Å². The molecule has 0 aliphatic carbocycles. The number of aliphatic hydroxyl groups is 1.